The Kier molecular flexibility index (Phi) is 7.47. The summed E-state index contributed by atoms with van der Waals surface area (Å²) in [5, 5.41) is 9.80. The summed E-state index contributed by atoms with van der Waals surface area (Å²) in [6.45, 7) is 4.76. The van der Waals surface area contributed by atoms with Gasteiger partial charge in [0.05, 0.1) is 6.42 Å². The van der Waals surface area contributed by atoms with Crippen molar-refractivity contribution in [2.75, 3.05) is 0 Å². The van der Waals surface area contributed by atoms with Crippen molar-refractivity contribution in [1.82, 2.24) is 0 Å². The lowest BCUT2D eigenvalue weighted by molar-refractivity contribution is -0.154. The highest BCUT2D eigenvalue weighted by Crippen LogP contribution is 2.08. The van der Waals surface area contributed by atoms with E-state index in [-0.39, 0.29) is 6.42 Å². The second-order valence-electron chi connectivity index (χ2n) is 5.38. The van der Waals surface area contributed by atoms with E-state index < -0.39 is 42.3 Å². The van der Waals surface area contributed by atoms with Crippen molar-refractivity contribution in [3.63, 3.8) is 0 Å². The van der Waals surface area contributed by atoms with E-state index in [0.29, 0.717) is 6.42 Å². The van der Waals surface area contributed by atoms with Gasteiger partial charge in [0, 0.05) is 18.6 Å². The van der Waals surface area contributed by atoms with Crippen molar-refractivity contribution in [1.29, 1.82) is 0 Å². The van der Waals surface area contributed by atoms with Crippen molar-refractivity contribution in [3.05, 3.63) is 24.3 Å². The highest BCUT2D eigenvalue weighted by atomic mass is 16.6. The zero-order chi connectivity index (χ0) is 17.4. The number of hydrogen-bond acceptors (Lipinski definition) is 7. The molecule has 0 saturated heterocycles. The number of aliphatic hydroxyl groups excluding tert-OH is 1. The number of hydrogen-bond donors (Lipinski definition) is 1. The van der Waals surface area contributed by atoms with E-state index in [1.165, 1.54) is 25.2 Å². The van der Waals surface area contributed by atoms with Crippen LogP contribution in [-0.4, -0.2) is 47.4 Å². The monoisotopic (exact) mass is 326 g/mol. The molecule has 0 spiro atoms. The fourth-order valence-corrected chi connectivity index (χ4v) is 1.82. The van der Waals surface area contributed by atoms with E-state index >= 15 is 0 Å². The summed E-state index contributed by atoms with van der Waals surface area (Å²) in [7, 11) is 0. The van der Waals surface area contributed by atoms with Crippen LogP contribution in [0.25, 0.3) is 0 Å². The largest absolute Gasteiger partial charge is 0.462 e. The summed E-state index contributed by atoms with van der Waals surface area (Å²) in [4.78, 5) is 34.8. The first-order valence-electron chi connectivity index (χ1n) is 7.41. The summed E-state index contributed by atoms with van der Waals surface area (Å²) in [5.74, 6) is -1.84. The minimum absolute atomic E-state index is 0.0748. The van der Waals surface area contributed by atoms with Crippen LogP contribution in [0.15, 0.2) is 24.3 Å². The third-order valence-corrected chi connectivity index (χ3v) is 3.04. The molecule has 1 aliphatic rings. The van der Waals surface area contributed by atoms with Gasteiger partial charge in [0.25, 0.3) is 0 Å². The fourth-order valence-electron chi connectivity index (χ4n) is 1.82. The molecule has 1 heterocycles. The molecular weight excluding hydrogens is 304 g/mol. The lowest BCUT2D eigenvalue weighted by Crippen LogP contribution is -2.27. The van der Waals surface area contributed by atoms with Crippen LogP contribution in [0, 0.1) is 0 Å². The van der Waals surface area contributed by atoms with Crippen LogP contribution in [0.4, 0.5) is 0 Å². The first kappa shape index (κ1) is 18.9. The molecule has 0 amide bonds. The molecule has 0 radical (unpaired) electrons. The Morgan fingerprint density at radius 3 is 2.30 bits per heavy atom. The van der Waals surface area contributed by atoms with E-state index in [1.54, 1.807) is 13.8 Å². The predicted octanol–water partition coefficient (Wildman–Crippen LogP) is 1.05. The van der Waals surface area contributed by atoms with E-state index in [0.717, 1.165) is 6.08 Å². The Morgan fingerprint density at radius 2 is 1.61 bits per heavy atom. The van der Waals surface area contributed by atoms with Crippen molar-refractivity contribution in [2.24, 2.45) is 0 Å². The maximum absolute atomic E-state index is 11.7. The molecule has 0 fully saturated rings. The second-order valence-corrected chi connectivity index (χ2v) is 5.38. The average Bonchev–Trinajstić information content (AvgIpc) is 2.42. The Labute approximate surface area is 134 Å². The second kappa shape index (κ2) is 9.09. The minimum atomic E-state index is -1.15. The maximum atomic E-state index is 11.7. The molecule has 7 heteroatoms. The van der Waals surface area contributed by atoms with E-state index in [1.807, 2.05) is 0 Å². The van der Waals surface area contributed by atoms with Gasteiger partial charge in [-0.2, -0.15) is 0 Å². The smallest absolute Gasteiger partial charge is 0.330 e. The molecule has 0 saturated carbocycles. The molecule has 0 bridgehead atoms. The minimum Gasteiger partial charge on any atom is -0.462 e. The standard InChI is InChI=1S/C16H22O7/c1-10-5-4-6-14(18)23-12(3)13(17)7-8-15(19)22-11(2)9-16(20)21-10/h4,6-8,10-13,17H,5,9H2,1-3H3/b6-4+,8-7+/t10-,11?,12-,13+/m0/s1. The third kappa shape index (κ3) is 7.60. The Balaban J connectivity index is 2.82. The SMILES string of the molecule is CC1CC(=O)O[C@@H](C)C/C=C/C(=O)O[C@@H](C)[C@H](O)/C=C/C(=O)O1. The first-order chi connectivity index (χ1) is 10.8. The third-order valence-electron chi connectivity index (χ3n) is 3.04. The van der Waals surface area contributed by atoms with Gasteiger partial charge in [0.1, 0.15) is 24.4 Å². The number of rotatable bonds is 0. The zero-order valence-electron chi connectivity index (χ0n) is 13.4. The summed E-state index contributed by atoms with van der Waals surface area (Å²) in [5.41, 5.74) is 0. The van der Waals surface area contributed by atoms with Crippen molar-refractivity contribution in [2.45, 2.75) is 58.0 Å². The topological polar surface area (TPSA) is 99.1 Å². The number of carbonyl (C=O) groups is 3. The summed E-state index contributed by atoms with van der Waals surface area (Å²) in [6, 6.07) is 0. The van der Waals surface area contributed by atoms with Crippen LogP contribution in [-0.2, 0) is 28.6 Å². The molecule has 128 valence electrons. The summed E-state index contributed by atoms with van der Waals surface area (Å²) >= 11 is 0. The number of carbonyl (C=O) groups excluding carboxylic acids is 3. The number of aliphatic hydroxyl groups is 1. The van der Waals surface area contributed by atoms with Crippen LogP contribution in [0.3, 0.4) is 0 Å². The normalized spacial score (nSPS) is 34.0. The zero-order valence-corrected chi connectivity index (χ0v) is 13.4. The number of cyclic esters (lactones) is 3. The number of ether oxygens (including phenoxy) is 3. The van der Waals surface area contributed by atoms with E-state index in [2.05, 4.69) is 0 Å². The molecule has 0 aliphatic carbocycles. The maximum Gasteiger partial charge on any atom is 0.330 e. The van der Waals surface area contributed by atoms with Gasteiger partial charge in [0.2, 0.25) is 0 Å². The molecule has 0 aromatic rings. The summed E-state index contributed by atoms with van der Waals surface area (Å²) < 4.78 is 15.1. The quantitative estimate of drug-likeness (QED) is 0.524. The van der Waals surface area contributed by atoms with Gasteiger partial charge in [0.15, 0.2) is 0 Å². The molecule has 23 heavy (non-hydrogen) atoms. The van der Waals surface area contributed by atoms with Crippen LogP contribution in [0.1, 0.15) is 33.6 Å². The molecule has 1 rings (SSSR count). The summed E-state index contributed by atoms with van der Waals surface area (Å²) in [6.07, 6.45) is 2.16. The van der Waals surface area contributed by atoms with Gasteiger partial charge in [-0.3, -0.25) is 4.79 Å². The highest BCUT2D eigenvalue weighted by molar-refractivity contribution is 5.83. The lowest BCUT2D eigenvalue weighted by Gasteiger charge is -2.17. The number of esters is 3. The molecule has 4 atom stereocenters. The van der Waals surface area contributed by atoms with E-state index in [4.69, 9.17) is 14.2 Å². The Hall–Kier alpha value is -2.15. The van der Waals surface area contributed by atoms with Crippen molar-refractivity contribution >= 4 is 17.9 Å². The van der Waals surface area contributed by atoms with Crippen LogP contribution >= 0.6 is 0 Å². The van der Waals surface area contributed by atoms with Gasteiger partial charge in [-0.25, -0.2) is 9.59 Å². The molecule has 1 aliphatic heterocycles. The van der Waals surface area contributed by atoms with Gasteiger partial charge < -0.3 is 19.3 Å². The average molecular weight is 326 g/mol. The van der Waals surface area contributed by atoms with Crippen LogP contribution < -0.4 is 0 Å². The molecule has 0 aromatic carbocycles. The van der Waals surface area contributed by atoms with Gasteiger partial charge in [-0.05, 0) is 26.8 Å². The van der Waals surface area contributed by atoms with Gasteiger partial charge in [-0.1, -0.05) is 6.08 Å². The Morgan fingerprint density at radius 1 is 0.957 bits per heavy atom. The lowest BCUT2D eigenvalue weighted by atomic mass is 10.2. The van der Waals surface area contributed by atoms with Crippen LogP contribution in [0.5, 0.6) is 0 Å². The molecule has 7 nitrogen and oxygen atoms in total. The first-order valence-corrected chi connectivity index (χ1v) is 7.41. The molecule has 0 aromatic heterocycles. The highest BCUT2D eigenvalue weighted by Gasteiger charge is 2.18. The van der Waals surface area contributed by atoms with Gasteiger partial charge in [-0.15, -0.1) is 0 Å². The van der Waals surface area contributed by atoms with Gasteiger partial charge >= 0.3 is 17.9 Å². The Bertz CT molecular complexity index is 495. The molecule has 1 unspecified atom stereocenters. The fraction of sp³-hybridized carbons (Fsp3) is 0.562. The van der Waals surface area contributed by atoms with Crippen LogP contribution in [0.2, 0.25) is 0 Å². The van der Waals surface area contributed by atoms with Crippen molar-refractivity contribution in [3.8, 4) is 0 Å². The molecular formula is C16H22O7. The molecule has 1 N–H and O–H groups in total. The van der Waals surface area contributed by atoms with E-state index in [9.17, 15) is 19.5 Å². The van der Waals surface area contributed by atoms with Crippen molar-refractivity contribution < 1.29 is 33.7 Å². The predicted molar refractivity (Wildman–Crippen MR) is 80.2 cm³/mol.